The van der Waals surface area contributed by atoms with Gasteiger partial charge >= 0.3 is 0 Å². The van der Waals surface area contributed by atoms with Crippen molar-refractivity contribution in [2.75, 3.05) is 25.0 Å². The lowest BCUT2D eigenvalue weighted by Crippen LogP contribution is -2.52. The highest BCUT2D eigenvalue weighted by Gasteiger charge is 2.34. The Morgan fingerprint density at radius 1 is 1.39 bits per heavy atom. The molecule has 1 aliphatic rings. The van der Waals surface area contributed by atoms with Crippen LogP contribution in [0.5, 0.6) is 0 Å². The van der Waals surface area contributed by atoms with Gasteiger partial charge in [0.1, 0.15) is 0 Å². The maximum absolute atomic E-state index is 12.2. The molecule has 2 rings (SSSR count). The lowest BCUT2D eigenvalue weighted by Gasteiger charge is -2.37. The van der Waals surface area contributed by atoms with E-state index in [2.05, 4.69) is 5.32 Å². The molecule has 1 N–H and O–H groups in total. The number of anilines is 1. The van der Waals surface area contributed by atoms with Gasteiger partial charge < -0.3 is 5.32 Å². The normalized spacial score (nSPS) is 16.7. The molecule has 1 aliphatic heterocycles. The van der Waals surface area contributed by atoms with Crippen LogP contribution in [0.2, 0.25) is 5.02 Å². The number of carbonyl (C=O) groups is 1. The standard InChI is InChI=1S/C12H13ClF2N2O/c13-9-1-3-10(4-2-9)16-11(18)7-17-5-8(6-17)12(14)15/h1-4,8,12H,5-7H2,(H,16,18). The Labute approximate surface area is 109 Å². The van der Waals surface area contributed by atoms with Crippen molar-refractivity contribution in [2.45, 2.75) is 6.43 Å². The lowest BCUT2D eigenvalue weighted by molar-refractivity contribution is -0.120. The smallest absolute Gasteiger partial charge is 0.243 e. The Hall–Kier alpha value is -1.20. The van der Waals surface area contributed by atoms with Gasteiger partial charge in [0.2, 0.25) is 12.3 Å². The number of hydrogen-bond acceptors (Lipinski definition) is 2. The summed E-state index contributed by atoms with van der Waals surface area (Å²) < 4.78 is 24.5. The fourth-order valence-electron chi connectivity index (χ4n) is 1.84. The molecule has 0 aromatic heterocycles. The third-order valence-corrected chi connectivity index (χ3v) is 3.09. The van der Waals surface area contributed by atoms with Gasteiger partial charge in [-0.15, -0.1) is 0 Å². The fourth-order valence-corrected chi connectivity index (χ4v) is 1.96. The molecule has 1 saturated heterocycles. The molecule has 1 amide bonds. The zero-order valence-corrected chi connectivity index (χ0v) is 10.3. The minimum Gasteiger partial charge on any atom is -0.325 e. The predicted octanol–water partition coefficient (Wildman–Crippen LogP) is 2.48. The Morgan fingerprint density at radius 2 is 2.00 bits per heavy atom. The molecule has 0 unspecified atom stereocenters. The average molecular weight is 275 g/mol. The first kappa shape index (κ1) is 13.2. The molecule has 6 heteroatoms. The number of amides is 1. The van der Waals surface area contributed by atoms with Gasteiger partial charge in [-0.3, -0.25) is 9.69 Å². The third-order valence-electron chi connectivity index (χ3n) is 2.84. The summed E-state index contributed by atoms with van der Waals surface area (Å²) in [7, 11) is 0. The Bertz CT molecular complexity index is 419. The van der Waals surface area contributed by atoms with Gasteiger partial charge in [-0.05, 0) is 24.3 Å². The highest BCUT2D eigenvalue weighted by molar-refractivity contribution is 6.30. The number of likely N-dealkylation sites (tertiary alicyclic amines) is 1. The van der Waals surface area contributed by atoms with Gasteiger partial charge in [-0.25, -0.2) is 8.78 Å². The summed E-state index contributed by atoms with van der Waals surface area (Å²) in [6.07, 6.45) is -2.29. The van der Waals surface area contributed by atoms with Crippen molar-refractivity contribution in [1.29, 1.82) is 0 Å². The molecule has 1 aromatic carbocycles. The van der Waals surface area contributed by atoms with Crippen molar-refractivity contribution in [3.8, 4) is 0 Å². The summed E-state index contributed by atoms with van der Waals surface area (Å²) in [5, 5.41) is 3.28. The SMILES string of the molecule is O=C(CN1CC(C(F)F)C1)Nc1ccc(Cl)cc1. The summed E-state index contributed by atoms with van der Waals surface area (Å²) >= 11 is 5.72. The van der Waals surface area contributed by atoms with Crippen molar-refractivity contribution >= 4 is 23.2 Å². The van der Waals surface area contributed by atoms with E-state index in [0.29, 0.717) is 10.7 Å². The molecule has 0 radical (unpaired) electrons. The van der Waals surface area contributed by atoms with Crippen LogP contribution in [-0.2, 0) is 4.79 Å². The molecular formula is C12H13ClF2N2O. The summed E-state index contributed by atoms with van der Waals surface area (Å²) in [5.74, 6) is -0.793. The second-order valence-electron chi connectivity index (χ2n) is 4.34. The Kier molecular flexibility index (Phi) is 4.14. The highest BCUT2D eigenvalue weighted by Crippen LogP contribution is 2.22. The molecule has 18 heavy (non-hydrogen) atoms. The van der Waals surface area contributed by atoms with Crippen LogP contribution in [0.4, 0.5) is 14.5 Å². The van der Waals surface area contributed by atoms with Crippen LogP contribution < -0.4 is 5.32 Å². The van der Waals surface area contributed by atoms with Crippen molar-refractivity contribution in [3.63, 3.8) is 0 Å². The summed E-state index contributed by atoms with van der Waals surface area (Å²) in [6.45, 7) is 0.712. The van der Waals surface area contributed by atoms with Gasteiger partial charge in [0.25, 0.3) is 0 Å². The number of rotatable bonds is 4. The van der Waals surface area contributed by atoms with Gasteiger partial charge in [0.15, 0.2) is 0 Å². The van der Waals surface area contributed by atoms with E-state index in [1.165, 1.54) is 0 Å². The van der Waals surface area contributed by atoms with Crippen molar-refractivity contribution in [1.82, 2.24) is 4.90 Å². The minimum absolute atomic E-state index is 0.145. The zero-order chi connectivity index (χ0) is 13.1. The summed E-state index contributed by atoms with van der Waals surface area (Å²) in [6, 6.07) is 6.73. The predicted molar refractivity (Wildman–Crippen MR) is 66.0 cm³/mol. The Balaban J connectivity index is 1.75. The lowest BCUT2D eigenvalue weighted by atomic mass is 10.0. The van der Waals surface area contributed by atoms with E-state index in [-0.39, 0.29) is 25.5 Å². The quantitative estimate of drug-likeness (QED) is 0.915. The minimum atomic E-state index is -2.29. The molecule has 0 aliphatic carbocycles. The van der Waals surface area contributed by atoms with E-state index >= 15 is 0 Å². The number of carbonyl (C=O) groups excluding carboxylic acids is 1. The second-order valence-corrected chi connectivity index (χ2v) is 4.78. The molecule has 1 aromatic rings. The summed E-state index contributed by atoms with van der Waals surface area (Å²) in [4.78, 5) is 13.3. The number of benzene rings is 1. The fraction of sp³-hybridized carbons (Fsp3) is 0.417. The molecule has 0 atom stereocenters. The first-order valence-electron chi connectivity index (χ1n) is 5.60. The van der Waals surface area contributed by atoms with Crippen molar-refractivity contribution in [2.24, 2.45) is 5.92 Å². The first-order valence-corrected chi connectivity index (χ1v) is 5.98. The van der Waals surface area contributed by atoms with Gasteiger partial charge in [-0.2, -0.15) is 0 Å². The van der Waals surface area contributed by atoms with Crippen molar-refractivity contribution < 1.29 is 13.6 Å². The number of hydrogen-bond donors (Lipinski definition) is 1. The third kappa shape index (κ3) is 3.40. The number of nitrogens with one attached hydrogen (secondary N) is 1. The van der Waals surface area contributed by atoms with Crippen LogP contribution in [-0.4, -0.2) is 36.9 Å². The molecule has 0 bridgehead atoms. The van der Waals surface area contributed by atoms with Crippen LogP contribution in [0.3, 0.4) is 0 Å². The summed E-state index contributed by atoms with van der Waals surface area (Å²) in [5.41, 5.74) is 0.648. The van der Waals surface area contributed by atoms with Gasteiger partial charge in [0.05, 0.1) is 6.54 Å². The molecule has 0 saturated carbocycles. The van der Waals surface area contributed by atoms with E-state index in [1.54, 1.807) is 29.2 Å². The topological polar surface area (TPSA) is 32.3 Å². The van der Waals surface area contributed by atoms with E-state index in [1.807, 2.05) is 0 Å². The maximum Gasteiger partial charge on any atom is 0.243 e. The molecule has 3 nitrogen and oxygen atoms in total. The largest absolute Gasteiger partial charge is 0.325 e. The Morgan fingerprint density at radius 3 is 2.56 bits per heavy atom. The molecular weight excluding hydrogens is 262 g/mol. The maximum atomic E-state index is 12.2. The number of halogens is 3. The van der Waals surface area contributed by atoms with Crippen LogP contribution in [0.15, 0.2) is 24.3 Å². The van der Waals surface area contributed by atoms with E-state index in [4.69, 9.17) is 11.6 Å². The molecule has 1 heterocycles. The van der Waals surface area contributed by atoms with Crippen molar-refractivity contribution in [3.05, 3.63) is 29.3 Å². The van der Waals surface area contributed by atoms with E-state index in [0.717, 1.165) is 0 Å². The molecule has 0 spiro atoms. The highest BCUT2D eigenvalue weighted by atomic mass is 35.5. The van der Waals surface area contributed by atoms with E-state index in [9.17, 15) is 13.6 Å². The first-order chi connectivity index (χ1) is 8.54. The molecule has 1 fully saturated rings. The van der Waals surface area contributed by atoms with Crippen LogP contribution >= 0.6 is 11.6 Å². The average Bonchev–Trinajstić information content (AvgIpc) is 2.25. The van der Waals surface area contributed by atoms with Gasteiger partial charge in [-0.1, -0.05) is 11.6 Å². The van der Waals surface area contributed by atoms with Crippen LogP contribution in [0.25, 0.3) is 0 Å². The second kappa shape index (κ2) is 5.63. The zero-order valence-electron chi connectivity index (χ0n) is 9.57. The molecule has 98 valence electrons. The van der Waals surface area contributed by atoms with E-state index < -0.39 is 12.3 Å². The van der Waals surface area contributed by atoms with Crippen LogP contribution in [0, 0.1) is 5.92 Å². The number of nitrogens with zero attached hydrogens (tertiary/aromatic N) is 1. The monoisotopic (exact) mass is 274 g/mol. The van der Waals surface area contributed by atoms with Crippen LogP contribution in [0.1, 0.15) is 0 Å². The van der Waals surface area contributed by atoms with Gasteiger partial charge in [0, 0.05) is 29.7 Å². The number of alkyl halides is 2.